The van der Waals surface area contributed by atoms with Gasteiger partial charge < -0.3 is 10.1 Å². The van der Waals surface area contributed by atoms with Crippen LogP contribution < -0.4 is 5.32 Å². The third-order valence-corrected chi connectivity index (χ3v) is 2.38. The zero-order valence-corrected chi connectivity index (χ0v) is 10.8. The van der Waals surface area contributed by atoms with E-state index in [1.807, 2.05) is 6.07 Å². The SMILES string of the molecule is N#Cc1cccc(NC(=O)COC(=O)c2cnccn2)c1. The molecule has 2 aromatic rings. The first-order valence-electron chi connectivity index (χ1n) is 5.92. The van der Waals surface area contributed by atoms with Crippen molar-refractivity contribution in [2.75, 3.05) is 11.9 Å². The number of anilines is 1. The lowest BCUT2D eigenvalue weighted by atomic mass is 10.2. The summed E-state index contributed by atoms with van der Waals surface area (Å²) in [4.78, 5) is 30.7. The predicted octanol–water partition coefficient (Wildman–Crippen LogP) is 1.14. The molecule has 2 rings (SSSR count). The molecule has 0 aliphatic rings. The Hall–Kier alpha value is -3.27. The third-order valence-electron chi connectivity index (χ3n) is 2.38. The van der Waals surface area contributed by atoms with Crippen LogP contribution in [0.5, 0.6) is 0 Å². The number of carbonyl (C=O) groups excluding carboxylic acids is 2. The average molecular weight is 282 g/mol. The Morgan fingerprint density at radius 3 is 2.90 bits per heavy atom. The maximum absolute atomic E-state index is 11.6. The molecule has 7 heteroatoms. The van der Waals surface area contributed by atoms with Gasteiger partial charge >= 0.3 is 5.97 Å². The lowest BCUT2D eigenvalue weighted by Crippen LogP contribution is -2.21. The minimum absolute atomic E-state index is 0.0248. The molecule has 0 aliphatic carbocycles. The van der Waals surface area contributed by atoms with Crippen molar-refractivity contribution in [2.24, 2.45) is 0 Å². The number of rotatable bonds is 4. The lowest BCUT2D eigenvalue weighted by molar-refractivity contribution is -0.119. The van der Waals surface area contributed by atoms with Gasteiger partial charge in [-0.3, -0.25) is 9.78 Å². The van der Waals surface area contributed by atoms with Crippen LogP contribution in [0.1, 0.15) is 16.1 Å². The van der Waals surface area contributed by atoms with Crippen LogP contribution in [0, 0.1) is 11.3 Å². The van der Waals surface area contributed by atoms with Crippen molar-refractivity contribution in [3.63, 3.8) is 0 Å². The van der Waals surface area contributed by atoms with Crippen LogP contribution in [0.2, 0.25) is 0 Å². The topological polar surface area (TPSA) is 105 Å². The molecule has 1 aromatic heterocycles. The summed E-state index contributed by atoms with van der Waals surface area (Å²) in [6, 6.07) is 8.36. The Morgan fingerprint density at radius 1 is 1.33 bits per heavy atom. The van der Waals surface area contributed by atoms with Crippen LogP contribution in [0.25, 0.3) is 0 Å². The van der Waals surface area contributed by atoms with Gasteiger partial charge in [-0.25, -0.2) is 9.78 Å². The van der Waals surface area contributed by atoms with Crippen LogP contribution in [0.15, 0.2) is 42.9 Å². The fourth-order valence-corrected chi connectivity index (χ4v) is 1.47. The van der Waals surface area contributed by atoms with Crippen molar-refractivity contribution >= 4 is 17.6 Å². The molecule has 1 N–H and O–H groups in total. The van der Waals surface area contributed by atoms with Gasteiger partial charge in [0.25, 0.3) is 5.91 Å². The Balaban J connectivity index is 1.88. The highest BCUT2D eigenvalue weighted by Crippen LogP contribution is 2.09. The van der Waals surface area contributed by atoms with E-state index in [-0.39, 0.29) is 5.69 Å². The molecule has 7 nitrogen and oxygen atoms in total. The van der Waals surface area contributed by atoms with E-state index in [9.17, 15) is 9.59 Å². The molecular weight excluding hydrogens is 272 g/mol. The number of nitrogens with zero attached hydrogens (tertiary/aromatic N) is 3. The summed E-state index contributed by atoms with van der Waals surface area (Å²) < 4.78 is 4.80. The molecule has 0 bridgehead atoms. The number of amides is 1. The van der Waals surface area contributed by atoms with Crippen molar-refractivity contribution < 1.29 is 14.3 Å². The minimum Gasteiger partial charge on any atom is -0.451 e. The molecule has 104 valence electrons. The van der Waals surface area contributed by atoms with Crippen LogP contribution >= 0.6 is 0 Å². The third kappa shape index (κ3) is 4.11. The number of hydrogen-bond donors (Lipinski definition) is 1. The van der Waals surface area contributed by atoms with E-state index >= 15 is 0 Å². The molecule has 1 heterocycles. The quantitative estimate of drug-likeness (QED) is 0.843. The summed E-state index contributed by atoms with van der Waals surface area (Å²) in [6.07, 6.45) is 4.02. The largest absolute Gasteiger partial charge is 0.451 e. The summed E-state index contributed by atoms with van der Waals surface area (Å²) in [6.45, 7) is -0.452. The molecule has 0 radical (unpaired) electrons. The van der Waals surface area contributed by atoms with Crippen LogP contribution in [0.3, 0.4) is 0 Å². The van der Waals surface area contributed by atoms with Crippen LogP contribution in [0.4, 0.5) is 5.69 Å². The van der Waals surface area contributed by atoms with Crippen LogP contribution in [-0.4, -0.2) is 28.5 Å². The second-order valence-electron chi connectivity index (χ2n) is 3.91. The van der Waals surface area contributed by atoms with Crippen molar-refractivity contribution in [3.8, 4) is 6.07 Å². The van der Waals surface area contributed by atoms with E-state index in [1.165, 1.54) is 24.7 Å². The Kier molecular flexibility index (Phi) is 4.56. The minimum atomic E-state index is -0.732. The van der Waals surface area contributed by atoms with E-state index in [1.54, 1.807) is 18.2 Å². The predicted molar refractivity (Wildman–Crippen MR) is 72.1 cm³/mol. The summed E-state index contributed by atoms with van der Waals surface area (Å²) in [7, 11) is 0. The normalized spacial score (nSPS) is 9.48. The van der Waals surface area contributed by atoms with Crippen molar-refractivity contribution in [3.05, 3.63) is 54.1 Å². The van der Waals surface area contributed by atoms with Gasteiger partial charge in [-0.15, -0.1) is 0 Å². The Morgan fingerprint density at radius 2 is 2.19 bits per heavy atom. The molecule has 0 saturated carbocycles. The van der Waals surface area contributed by atoms with Gasteiger partial charge in [0, 0.05) is 18.1 Å². The zero-order valence-electron chi connectivity index (χ0n) is 10.8. The molecule has 21 heavy (non-hydrogen) atoms. The first-order chi connectivity index (χ1) is 10.2. The Labute approximate surface area is 120 Å². The monoisotopic (exact) mass is 282 g/mol. The molecule has 0 saturated heterocycles. The Bertz CT molecular complexity index is 695. The number of nitriles is 1. The summed E-state index contributed by atoms with van der Waals surface area (Å²) >= 11 is 0. The molecule has 0 fully saturated rings. The standard InChI is InChI=1S/C14H10N4O3/c15-7-10-2-1-3-11(6-10)18-13(19)9-21-14(20)12-8-16-4-5-17-12/h1-6,8H,9H2,(H,18,19). The number of hydrogen-bond acceptors (Lipinski definition) is 6. The van der Waals surface area contributed by atoms with Gasteiger partial charge in [-0.2, -0.15) is 5.26 Å². The number of carbonyl (C=O) groups is 2. The second-order valence-corrected chi connectivity index (χ2v) is 3.91. The fourth-order valence-electron chi connectivity index (χ4n) is 1.47. The van der Waals surface area contributed by atoms with Crippen molar-refractivity contribution in [2.45, 2.75) is 0 Å². The van der Waals surface area contributed by atoms with Gasteiger partial charge in [-0.05, 0) is 18.2 Å². The van der Waals surface area contributed by atoms with Crippen molar-refractivity contribution in [1.82, 2.24) is 9.97 Å². The highest BCUT2D eigenvalue weighted by Gasteiger charge is 2.11. The van der Waals surface area contributed by atoms with Gasteiger partial charge in [0.2, 0.25) is 0 Å². The number of ether oxygens (including phenoxy) is 1. The molecule has 1 amide bonds. The van der Waals surface area contributed by atoms with E-state index in [4.69, 9.17) is 10.00 Å². The van der Waals surface area contributed by atoms with Gasteiger partial charge in [0.1, 0.15) is 0 Å². The lowest BCUT2D eigenvalue weighted by Gasteiger charge is -2.06. The molecular formula is C14H10N4O3. The molecule has 1 aromatic carbocycles. The fraction of sp³-hybridized carbons (Fsp3) is 0.0714. The number of aromatic nitrogens is 2. The number of nitrogens with one attached hydrogen (secondary N) is 1. The first kappa shape index (κ1) is 14.1. The smallest absolute Gasteiger partial charge is 0.359 e. The summed E-state index contributed by atoms with van der Waals surface area (Å²) in [5.74, 6) is -1.24. The first-order valence-corrected chi connectivity index (χ1v) is 5.92. The average Bonchev–Trinajstić information content (AvgIpc) is 2.53. The second kappa shape index (κ2) is 6.77. The maximum atomic E-state index is 11.6. The molecule has 0 atom stereocenters. The maximum Gasteiger partial charge on any atom is 0.359 e. The highest BCUT2D eigenvalue weighted by atomic mass is 16.5. The van der Waals surface area contributed by atoms with Gasteiger partial charge in [0.05, 0.1) is 17.8 Å². The van der Waals surface area contributed by atoms with Crippen molar-refractivity contribution in [1.29, 1.82) is 5.26 Å². The van der Waals surface area contributed by atoms with E-state index in [0.29, 0.717) is 11.3 Å². The van der Waals surface area contributed by atoms with Gasteiger partial charge in [0.15, 0.2) is 12.3 Å². The number of benzene rings is 1. The van der Waals surface area contributed by atoms with Gasteiger partial charge in [-0.1, -0.05) is 6.07 Å². The van der Waals surface area contributed by atoms with Crippen LogP contribution in [-0.2, 0) is 9.53 Å². The summed E-state index contributed by atoms with van der Waals surface area (Å²) in [5, 5.41) is 11.3. The van der Waals surface area contributed by atoms with E-state index < -0.39 is 18.5 Å². The number of esters is 1. The van der Waals surface area contributed by atoms with E-state index in [2.05, 4.69) is 15.3 Å². The summed E-state index contributed by atoms with van der Waals surface area (Å²) in [5.41, 5.74) is 0.899. The molecule has 0 spiro atoms. The van der Waals surface area contributed by atoms with E-state index in [0.717, 1.165) is 0 Å². The zero-order chi connectivity index (χ0) is 15.1. The molecule has 0 unspecified atom stereocenters. The highest BCUT2D eigenvalue weighted by molar-refractivity contribution is 5.94. The molecule has 0 aliphatic heterocycles.